The lowest BCUT2D eigenvalue weighted by Crippen LogP contribution is -2.06. The predicted octanol–water partition coefficient (Wildman–Crippen LogP) is 3.95. The largest absolute Gasteiger partial charge is 0.378 e. The van der Waals surface area contributed by atoms with Crippen molar-refractivity contribution in [1.29, 1.82) is 0 Å². The SMILES string of the molecule is CNCc1sc(CSc2ccccc2Cl)nc1COC. The third kappa shape index (κ3) is 4.20. The molecule has 1 aromatic heterocycles. The Morgan fingerprint density at radius 3 is 2.90 bits per heavy atom. The molecule has 20 heavy (non-hydrogen) atoms. The van der Waals surface area contributed by atoms with E-state index in [-0.39, 0.29) is 0 Å². The Morgan fingerprint density at radius 1 is 1.40 bits per heavy atom. The van der Waals surface area contributed by atoms with Gasteiger partial charge in [0, 0.05) is 23.4 Å². The van der Waals surface area contributed by atoms with Crippen molar-refractivity contribution in [3.8, 4) is 0 Å². The molecule has 0 aliphatic carbocycles. The van der Waals surface area contributed by atoms with Gasteiger partial charge in [0.05, 0.1) is 23.1 Å². The number of halogens is 1. The summed E-state index contributed by atoms with van der Waals surface area (Å²) in [5.74, 6) is 0.828. The standard InChI is InChI=1S/C14H17ClN2OS2/c1-16-7-13-11(8-18-2)17-14(20-13)9-19-12-6-4-3-5-10(12)15/h3-6,16H,7-9H2,1-2H3. The lowest BCUT2D eigenvalue weighted by atomic mass is 10.4. The van der Waals surface area contributed by atoms with Crippen LogP contribution in [-0.2, 0) is 23.6 Å². The van der Waals surface area contributed by atoms with Crippen molar-refractivity contribution in [2.75, 3.05) is 14.2 Å². The van der Waals surface area contributed by atoms with Crippen LogP contribution in [0.2, 0.25) is 5.02 Å². The number of methoxy groups -OCH3 is 1. The number of nitrogens with zero attached hydrogens (tertiary/aromatic N) is 1. The summed E-state index contributed by atoms with van der Waals surface area (Å²) in [6, 6.07) is 7.88. The Kier molecular flexibility index (Phi) is 6.32. The smallest absolute Gasteiger partial charge is 0.104 e. The molecule has 3 nitrogen and oxygen atoms in total. The summed E-state index contributed by atoms with van der Waals surface area (Å²) < 4.78 is 5.20. The summed E-state index contributed by atoms with van der Waals surface area (Å²) in [5.41, 5.74) is 1.03. The minimum absolute atomic E-state index is 0.560. The second kappa shape index (κ2) is 8.00. The second-order valence-corrected chi connectivity index (χ2v) is 6.75. The van der Waals surface area contributed by atoms with Crippen LogP contribution in [0.15, 0.2) is 29.2 Å². The Morgan fingerprint density at radius 2 is 2.20 bits per heavy atom. The molecule has 0 spiro atoms. The molecule has 0 aliphatic rings. The molecule has 2 aromatic rings. The van der Waals surface area contributed by atoms with Gasteiger partial charge < -0.3 is 10.1 Å². The highest BCUT2D eigenvalue weighted by Gasteiger charge is 2.11. The monoisotopic (exact) mass is 328 g/mol. The molecule has 0 amide bonds. The van der Waals surface area contributed by atoms with Gasteiger partial charge in [0.25, 0.3) is 0 Å². The molecule has 108 valence electrons. The summed E-state index contributed by atoms with van der Waals surface area (Å²) in [7, 11) is 3.63. The molecule has 0 saturated carbocycles. The van der Waals surface area contributed by atoms with Crippen molar-refractivity contribution in [2.45, 2.75) is 23.8 Å². The van der Waals surface area contributed by atoms with Crippen LogP contribution >= 0.6 is 34.7 Å². The first kappa shape index (κ1) is 15.8. The van der Waals surface area contributed by atoms with Gasteiger partial charge in [0.2, 0.25) is 0 Å². The molecule has 0 bridgehead atoms. The number of thiazole rings is 1. The zero-order chi connectivity index (χ0) is 14.4. The average Bonchev–Trinajstić information content (AvgIpc) is 2.81. The highest BCUT2D eigenvalue weighted by Crippen LogP contribution is 2.31. The van der Waals surface area contributed by atoms with E-state index >= 15 is 0 Å². The Hall–Kier alpha value is -0.590. The first-order valence-electron chi connectivity index (χ1n) is 6.23. The van der Waals surface area contributed by atoms with Crippen molar-refractivity contribution in [3.05, 3.63) is 44.9 Å². The lowest BCUT2D eigenvalue weighted by molar-refractivity contribution is 0.181. The fourth-order valence-corrected chi connectivity index (χ4v) is 4.06. The van der Waals surface area contributed by atoms with Crippen molar-refractivity contribution in [3.63, 3.8) is 0 Å². The number of hydrogen-bond acceptors (Lipinski definition) is 5. The Bertz CT molecular complexity index is 536. The maximum Gasteiger partial charge on any atom is 0.104 e. The fraction of sp³-hybridized carbons (Fsp3) is 0.357. The van der Waals surface area contributed by atoms with E-state index in [4.69, 9.17) is 16.3 Å². The molecule has 0 atom stereocenters. The van der Waals surface area contributed by atoms with Crippen LogP contribution in [0.25, 0.3) is 0 Å². The number of ether oxygens (including phenoxy) is 1. The third-order valence-electron chi connectivity index (χ3n) is 2.63. The van der Waals surface area contributed by atoms with Crippen LogP contribution in [0.5, 0.6) is 0 Å². The van der Waals surface area contributed by atoms with Gasteiger partial charge in [-0.15, -0.1) is 23.1 Å². The highest BCUT2D eigenvalue weighted by atomic mass is 35.5. The molecule has 2 rings (SSSR count). The molecule has 1 N–H and O–H groups in total. The summed E-state index contributed by atoms with van der Waals surface area (Å²) in [6.07, 6.45) is 0. The fourth-order valence-electron chi connectivity index (χ4n) is 1.75. The quantitative estimate of drug-likeness (QED) is 0.780. The molecule has 1 aromatic carbocycles. The maximum atomic E-state index is 6.16. The van der Waals surface area contributed by atoms with Gasteiger partial charge in [-0.1, -0.05) is 23.7 Å². The minimum Gasteiger partial charge on any atom is -0.378 e. The van der Waals surface area contributed by atoms with Crippen LogP contribution in [0.1, 0.15) is 15.6 Å². The summed E-state index contributed by atoms with van der Waals surface area (Å²) in [6.45, 7) is 1.39. The van der Waals surface area contributed by atoms with Crippen LogP contribution in [0, 0.1) is 0 Å². The predicted molar refractivity (Wildman–Crippen MR) is 86.6 cm³/mol. The van der Waals surface area contributed by atoms with E-state index in [0.717, 1.165) is 32.9 Å². The first-order valence-corrected chi connectivity index (χ1v) is 8.41. The summed E-state index contributed by atoms with van der Waals surface area (Å²) in [5, 5.41) is 5.06. The van der Waals surface area contributed by atoms with Gasteiger partial charge in [-0.3, -0.25) is 0 Å². The van der Waals surface area contributed by atoms with E-state index in [1.165, 1.54) is 4.88 Å². The molecule has 1 heterocycles. The number of rotatable bonds is 7. The second-order valence-electron chi connectivity index (χ2n) is 4.16. The van der Waals surface area contributed by atoms with E-state index in [1.807, 2.05) is 31.3 Å². The Labute approximate surface area is 132 Å². The van der Waals surface area contributed by atoms with E-state index < -0.39 is 0 Å². The molecular formula is C14H17ClN2OS2. The number of nitrogens with one attached hydrogen (secondary N) is 1. The molecule has 0 fully saturated rings. The maximum absolute atomic E-state index is 6.16. The number of aromatic nitrogens is 1. The third-order valence-corrected chi connectivity index (χ3v) is 5.44. The van der Waals surface area contributed by atoms with Crippen molar-refractivity contribution in [1.82, 2.24) is 10.3 Å². The minimum atomic E-state index is 0.560. The van der Waals surface area contributed by atoms with E-state index in [9.17, 15) is 0 Å². The van der Waals surface area contributed by atoms with Gasteiger partial charge in [0.15, 0.2) is 0 Å². The number of thioether (sulfide) groups is 1. The normalized spacial score (nSPS) is 10.9. The zero-order valence-electron chi connectivity index (χ0n) is 11.5. The van der Waals surface area contributed by atoms with Crippen molar-refractivity contribution in [2.24, 2.45) is 0 Å². The van der Waals surface area contributed by atoms with Crippen molar-refractivity contribution < 1.29 is 4.74 Å². The zero-order valence-corrected chi connectivity index (χ0v) is 13.9. The van der Waals surface area contributed by atoms with E-state index in [0.29, 0.717) is 6.61 Å². The van der Waals surface area contributed by atoms with E-state index in [1.54, 1.807) is 30.2 Å². The molecule has 0 radical (unpaired) electrons. The molecular weight excluding hydrogens is 312 g/mol. The average molecular weight is 329 g/mol. The number of benzene rings is 1. The highest BCUT2D eigenvalue weighted by molar-refractivity contribution is 7.98. The molecule has 6 heteroatoms. The van der Waals surface area contributed by atoms with Gasteiger partial charge >= 0.3 is 0 Å². The van der Waals surface area contributed by atoms with Gasteiger partial charge in [0.1, 0.15) is 5.01 Å². The van der Waals surface area contributed by atoms with Crippen LogP contribution in [0.4, 0.5) is 0 Å². The molecule has 0 unspecified atom stereocenters. The summed E-state index contributed by atoms with van der Waals surface area (Å²) in [4.78, 5) is 6.98. The van der Waals surface area contributed by atoms with Crippen LogP contribution in [-0.4, -0.2) is 19.1 Å². The van der Waals surface area contributed by atoms with E-state index in [2.05, 4.69) is 10.3 Å². The molecule has 0 aliphatic heterocycles. The lowest BCUT2D eigenvalue weighted by Gasteiger charge is -2.01. The first-order chi connectivity index (χ1) is 9.74. The van der Waals surface area contributed by atoms with Crippen LogP contribution < -0.4 is 5.32 Å². The summed E-state index contributed by atoms with van der Waals surface area (Å²) >= 11 is 9.60. The van der Waals surface area contributed by atoms with Gasteiger partial charge in [-0.25, -0.2) is 4.98 Å². The topological polar surface area (TPSA) is 34.2 Å². The Balaban J connectivity index is 2.06. The van der Waals surface area contributed by atoms with Gasteiger partial charge in [-0.2, -0.15) is 0 Å². The molecule has 0 saturated heterocycles. The number of hydrogen-bond donors (Lipinski definition) is 1. The van der Waals surface area contributed by atoms with Gasteiger partial charge in [-0.05, 0) is 19.2 Å². The van der Waals surface area contributed by atoms with Crippen LogP contribution in [0.3, 0.4) is 0 Å². The van der Waals surface area contributed by atoms with Crippen molar-refractivity contribution >= 4 is 34.7 Å².